The van der Waals surface area contributed by atoms with Crippen molar-refractivity contribution in [2.45, 2.75) is 51.0 Å². The summed E-state index contributed by atoms with van der Waals surface area (Å²) in [5.41, 5.74) is 2.49. The molecule has 166 valence electrons. The van der Waals surface area contributed by atoms with Crippen molar-refractivity contribution >= 4 is 28.6 Å². The Labute approximate surface area is 186 Å². The number of ether oxygens (including phenoxy) is 2. The smallest absolute Gasteiger partial charge is 0.435 e. The van der Waals surface area contributed by atoms with Crippen molar-refractivity contribution < 1.29 is 19.1 Å². The molecule has 1 spiro atoms. The number of anilines is 1. The maximum atomic E-state index is 13.5. The molecular formula is C25H27N3O4. The van der Waals surface area contributed by atoms with Crippen LogP contribution in [0.1, 0.15) is 51.2 Å². The van der Waals surface area contributed by atoms with Crippen molar-refractivity contribution in [2.75, 3.05) is 18.6 Å². The van der Waals surface area contributed by atoms with E-state index in [1.54, 1.807) is 13.3 Å². The lowest BCUT2D eigenvalue weighted by atomic mass is 9.91. The van der Waals surface area contributed by atoms with Crippen LogP contribution in [0.2, 0.25) is 0 Å². The first-order chi connectivity index (χ1) is 15.2. The lowest BCUT2D eigenvalue weighted by Crippen LogP contribution is -2.32. The normalized spacial score (nSPS) is 21.8. The number of rotatable bonds is 3. The molecule has 32 heavy (non-hydrogen) atoms. The van der Waals surface area contributed by atoms with Crippen molar-refractivity contribution in [3.05, 3.63) is 53.7 Å². The minimum atomic E-state index is -0.615. The quantitative estimate of drug-likeness (QED) is 0.603. The number of fused-ring (bicyclic) bond motifs is 3. The van der Waals surface area contributed by atoms with Crippen LogP contribution < -0.4 is 9.64 Å². The van der Waals surface area contributed by atoms with E-state index < -0.39 is 17.1 Å². The van der Waals surface area contributed by atoms with Gasteiger partial charge in [0.1, 0.15) is 11.4 Å². The average Bonchev–Trinajstić information content (AvgIpc) is 3.29. The largest absolute Gasteiger partial charge is 0.497 e. The molecular weight excluding hydrogens is 406 g/mol. The monoisotopic (exact) mass is 433 g/mol. The van der Waals surface area contributed by atoms with Crippen LogP contribution in [0.15, 0.2) is 42.6 Å². The van der Waals surface area contributed by atoms with Crippen LogP contribution in [0.25, 0.3) is 10.9 Å². The minimum absolute atomic E-state index is 0.0313. The third kappa shape index (κ3) is 2.91. The summed E-state index contributed by atoms with van der Waals surface area (Å²) in [5.74, 6) is 0.913. The molecule has 0 N–H and O–H groups in total. The van der Waals surface area contributed by atoms with Gasteiger partial charge in [0, 0.05) is 23.5 Å². The van der Waals surface area contributed by atoms with Crippen LogP contribution in [0.4, 0.5) is 10.5 Å². The van der Waals surface area contributed by atoms with Crippen molar-refractivity contribution in [3.63, 3.8) is 0 Å². The third-order valence-electron chi connectivity index (χ3n) is 6.44. The fourth-order valence-corrected chi connectivity index (χ4v) is 4.92. The number of hydrogen-bond acceptors (Lipinski definition) is 5. The number of carbonyl (C=O) groups is 2. The number of amides is 1. The van der Waals surface area contributed by atoms with Gasteiger partial charge in [0.15, 0.2) is 0 Å². The lowest BCUT2D eigenvalue weighted by Gasteiger charge is -2.19. The van der Waals surface area contributed by atoms with Crippen molar-refractivity contribution in [3.8, 4) is 5.75 Å². The van der Waals surface area contributed by atoms with Gasteiger partial charge in [0.2, 0.25) is 5.91 Å². The van der Waals surface area contributed by atoms with Gasteiger partial charge in [-0.25, -0.2) is 4.79 Å². The van der Waals surface area contributed by atoms with Crippen LogP contribution in [-0.2, 0) is 14.9 Å². The molecule has 0 unspecified atom stereocenters. The zero-order valence-electron chi connectivity index (χ0n) is 19.0. The summed E-state index contributed by atoms with van der Waals surface area (Å²) >= 11 is 0. The second-order valence-corrected chi connectivity index (χ2v) is 9.52. The summed E-state index contributed by atoms with van der Waals surface area (Å²) < 4.78 is 12.2. The van der Waals surface area contributed by atoms with Crippen LogP contribution >= 0.6 is 0 Å². The number of nitrogens with zero attached hydrogens (tertiary/aromatic N) is 3. The molecule has 0 saturated heterocycles. The third-order valence-corrected chi connectivity index (χ3v) is 6.44. The Morgan fingerprint density at radius 1 is 1.22 bits per heavy atom. The summed E-state index contributed by atoms with van der Waals surface area (Å²) in [6, 6.07) is 11.8. The molecule has 7 nitrogen and oxygen atoms in total. The summed E-state index contributed by atoms with van der Waals surface area (Å²) in [5, 5.41) is 5.09. The molecule has 1 aliphatic carbocycles. The zero-order chi connectivity index (χ0) is 22.8. The Morgan fingerprint density at radius 3 is 2.69 bits per heavy atom. The molecule has 1 aromatic heterocycles. The van der Waals surface area contributed by atoms with Gasteiger partial charge in [-0.2, -0.15) is 9.78 Å². The standard InChI is InChI=1S/C25H27N3O4/c1-6-27-20-10-9-17(31-5)12-18(20)25(22(27)29)13-19(25)15-7-8-16-14-26-28(21(16)11-15)23(30)32-24(2,3)4/h7-12,14,19H,6,13H2,1-5H3/t19-,25-/m0/s1. The zero-order valence-corrected chi connectivity index (χ0v) is 19.0. The Bertz CT molecular complexity index is 1260. The molecule has 1 saturated carbocycles. The van der Waals surface area contributed by atoms with Gasteiger partial charge in [-0.15, -0.1) is 0 Å². The number of carbonyl (C=O) groups excluding carboxylic acids is 2. The Hall–Kier alpha value is -3.35. The minimum Gasteiger partial charge on any atom is -0.497 e. The number of aromatic nitrogens is 2. The van der Waals surface area contributed by atoms with E-state index in [1.165, 1.54) is 4.68 Å². The predicted octanol–water partition coefficient (Wildman–Crippen LogP) is 4.62. The molecule has 1 amide bonds. The van der Waals surface area contributed by atoms with Crippen LogP contribution in [-0.4, -0.2) is 41.0 Å². The lowest BCUT2D eigenvalue weighted by molar-refractivity contribution is -0.120. The molecule has 2 aromatic carbocycles. The summed E-state index contributed by atoms with van der Waals surface area (Å²) in [7, 11) is 1.64. The molecule has 0 bridgehead atoms. The highest BCUT2D eigenvalue weighted by Gasteiger charge is 2.67. The molecule has 5 rings (SSSR count). The fraction of sp³-hybridized carbons (Fsp3) is 0.400. The first kappa shape index (κ1) is 20.5. The molecule has 1 fully saturated rings. The van der Waals surface area contributed by atoms with Gasteiger partial charge in [-0.3, -0.25) is 4.79 Å². The van der Waals surface area contributed by atoms with Crippen LogP contribution in [0.5, 0.6) is 5.75 Å². The van der Waals surface area contributed by atoms with E-state index >= 15 is 0 Å². The molecule has 7 heteroatoms. The van der Waals surface area contributed by atoms with Gasteiger partial charge in [-0.05, 0) is 69.5 Å². The first-order valence-corrected chi connectivity index (χ1v) is 10.9. The van der Waals surface area contributed by atoms with Gasteiger partial charge in [-0.1, -0.05) is 12.1 Å². The van der Waals surface area contributed by atoms with Gasteiger partial charge in [0.25, 0.3) is 0 Å². The number of hydrogen-bond donors (Lipinski definition) is 0. The molecule has 1 aliphatic heterocycles. The van der Waals surface area contributed by atoms with Gasteiger partial charge >= 0.3 is 6.09 Å². The Morgan fingerprint density at radius 2 is 2.00 bits per heavy atom. The highest BCUT2D eigenvalue weighted by molar-refractivity contribution is 6.11. The molecule has 2 heterocycles. The highest BCUT2D eigenvalue weighted by atomic mass is 16.6. The SMILES string of the molecule is CCN1C(=O)[C@@]2(C[C@H]2c2ccc3cnn(C(=O)OC(C)(C)C)c3c2)c2cc(OC)ccc21. The highest BCUT2D eigenvalue weighted by Crippen LogP contribution is 2.66. The van der Waals surface area contributed by atoms with E-state index in [1.807, 2.05) is 69.0 Å². The Balaban J connectivity index is 1.55. The summed E-state index contributed by atoms with van der Waals surface area (Å²) in [6.45, 7) is 8.09. The average molecular weight is 434 g/mol. The molecule has 2 aliphatic rings. The predicted molar refractivity (Wildman–Crippen MR) is 121 cm³/mol. The van der Waals surface area contributed by atoms with E-state index in [9.17, 15) is 9.59 Å². The second kappa shape index (κ2) is 6.82. The van der Waals surface area contributed by atoms with Crippen molar-refractivity contribution in [1.82, 2.24) is 9.78 Å². The van der Waals surface area contributed by atoms with Gasteiger partial charge in [0.05, 0.1) is 24.2 Å². The number of methoxy groups -OCH3 is 1. The van der Waals surface area contributed by atoms with E-state index in [-0.39, 0.29) is 11.8 Å². The fourth-order valence-electron chi connectivity index (χ4n) is 4.92. The van der Waals surface area contributed by atoms with E-state index in [0.717, 1.165) is 34.4 Å². The first-order valence-electron chi connectivity index (χ1n) is 10.9. The van der Waals surface area contributed by atoms with Crippen LogP contribution in [0.3, 0.4) is 0 Å². The molecule has 0 radical (unpaired) electrons. The summed E-state index contributed by atoms with van der Waals surface area (Å²) in [4.78, 5) is 28.0. The van der Waals surface area contributed by atoms with Crippen molar-refractivity contribution in [2.24, 2.45) is 0 Å². The van der Waals surface area contributed by atoms with Crippen LogP contribution in [0, 0.1) is 0 Å². The molecule has 3 aromatic rings. The Kier molecular flexibility index (Phi) is 4.38. The van der Waals surface area contributed by atoms with Crippen molar-refractivity contribution in [1.29, 1.82) is 0 Å². The van der Waals surface area contributed by atoms with E-state index in [4.69, 9.17) is 9.47 Å². The second-order valence-electron chi connectivity index (χ2n) is 9.52. The number of benzene rings is 2. The maximum absolute atomic E-state index is 13.5. The van der Waals surface area contributed by atoms with E-state index in [0.29, 0.717) is 12.1 Å². The molecule has 2 atom stereocenters. The topological polar surface area (TPSA) is 73.7 Å². The number of likely N-dealkylation sites (N-methyl/N-ethyl adjacent to an activating group) is 1. The summed E-state index contributed by atoms with van der Waals surface area (Å²) in [6.07, 6.45) is 1.87. The van der Waals surface area contributed by atoms with Gasteiger partial charge < -0.3 is 14.4 Å². The van der Waals surface area contributed by atoms with E-state index in [2.05, 4.69) is 5.10 Å². The maximum Gasteiger partial charge on any atom is 0.435 e.